The normalized spacial score (nSPS) is 24.1. The summed E-state index contributed by atoms with van der Waals surface area (Å²) >= 11 is 6.65. The van der Waals surface area contributed by atoms with Gasteiger partial charge in [-0.05, 0) is 93.3 Å². The number of aliphatic hydroxyl groups is 2. The Morgan fingerprint density at radius 2 is 1.89 bits per heavy atom. The molecule has 3 aromatic carbocycles. The highest BCUT2D eigenvalue weighted by Gasteiger charge is 2.49. The molecular weight excluding hydrogens is 704 g/mol. The molecule has 0 bridgehead atoms. The van der Waals surface area contributed by atoms with E-state index in [-0.39, 0.29) is 36.4 Å². The summed E-state index contributed by atoms with van der Waals surface area (Å²) in [5.41, 5.74) is 3.87. The van der Waals surface area contributed by atoms with E-state index in [0.29, 0.717) is 51.9 Å². The van der Waals surface area contributed by atoms with Crippen LogP contribution in [-0.2, 0) is 22.6 Å². The number of methoxy groups -OCH3 is 1. The molecule has 2 fully saturated rings. The van der Waals surface area contributed by atoms with Crippen LogP contribution in [0.15, 0.2) is 71.7 Å². The summed E-state index contributed by atoms with van der Waals surface area (Å²) < 4.78 is 5.99. The van der Waals surface area contributed by atoms with Gasteiger partial charge in [0.15, 0.2) is 0 Å². The average Bonchev–Trinajstić information content (AvgIpc) is 3.49. The summed E-state index contributed by atoms with van der Waals surface area (Å²) in [6.07, 6.45) is 3.78. The SMILES string of the molecule is COc1c(CN2O[C@@H](CO)C([C@H](C)O)[C@H]2C(=O)N=CC2CCC(C)(C)C[C@@H]2C)cccc1-c1cc(Cl)cc(C(=O)N[C@@H](Cc2ccccc2)CN(C)C)c1. The first-order valence-electron chi connectivity index (χ1n) is 19.0. The van der Waals surface area contributed by atoms with Crippen molar-refractivity contribution in [2.75, 3.05) is 34.4 Å². The van der Waals surface area contributed by atoms with Crippen LogP contribution in [0.1, 0.15) is 68.4 Å². The van der Waals surface area contributed by atoms with Crippen molar-refractivity contribution in [2.45, 2.75) is 84.2 Å². The number of carbonyl (C=O) groups is 2. The Bertz CT molecular complexity index is 1770. The predicted molar refractivity (Wildman–Crippen MR) is 214 cm³/mol. The van der Waals surface area contributed by atoms with E-state index in [2.05, 4.69) is 43.2 Å². The molecule has 10 nitrogen and oxygen atoms in total. The number of hydrogen-bond donors (Lipinski definition) is 3. The number of aliphatic hydroxyl groups excluding tert-OH is 2. The lowest BCUT2D eigenvalue weighted by Crippen LogP contribution is -2.43. The fourth-order valence-corrected chi connectivity index (χ4v) is 8.52. The number of hydroxylamine groups is 2. The van der Waals surface area contributed by atoms with Gasteiger partial charge in [0.25, 0.3) is 11.8 Å². The van der Waals surface area contributed by atoms with Crippen molar-refractivity contribution < 1.29 is 29.4 Å². The van der Waals surface area contributed by atoms with Gasteiger partial charge in [-0.25, -0.2) is 4.99 Å². The molecule has 7 atom stereocenters. The van der Waals surface area contributed by atoms with E-state index in [0.717, 1.165) is 24.8 Å². The van der Waals surface area contributed by atoms with Gasteiger partial charge in [-0.3, -0.25) is 14.4 Å². The number of nitrogens with one attached hydrogen (secondary N) is 1. The number of nitrogens with zero attached hydrogens (tertiary/aromatic N) is 3. The molecule has 1 heterocycles. The van der Waals surface area contributed by atoms with Gasteiger partial charge in [-0.1, -0.05) is 80.9 Å². The van der Waals surface area contributed by atoms with Crippen LogP contribution >= 0.6 is 11.6 Å². The monoisotopic (exact) mass is 760 g/mol. The standard InChI is InChI=1S/C43H57ClN4O6/c1-27-22-43(3,4)17-16-30(27)23-45-42(52)39-38(28(2)50)37(26-49)54-48(39)24-31-14-11-15-36(40(31)53-7)32-19-33(21-34(44)20-32)41(51)46-35(25-47(5)6)18-29-12-9-8-10-13-29/h8-15,19-21,23,27-28,30,35,37-39,49-50H,16-18,22,24-26H2,1-7H3,(H,46,51)/t27-,28-,30?,35-,37-,38?,39-/m0/s1. The second-order valence-electron chi connectivity index (χ2n) is 16.2. The molecule has 0 radical (unpaired) electrons. The summed E-state index contributed by atoms with van der Waals surface area (Å²) in [6, 6.07) is 19.9. The fourth-order valence-electron chi connectivity index (χ4n) is 8.28. The molecule has 5 rings (SSSR count). The van der Waals surface area contributed by atoms with E-state index in [1.807, 2.05) is 55.4 Å². The number of rotatable bonds is 14. The first-order chi connectivity index (χ1) is 25.7. The van der Waals surface area contributed by atoms with Gasteiger partial charge < -0.3 is 25.2 Å². The molecule has 2 unspecified atom stereocenters. The summed E-state index contributed by atoms with van der Waals surface area (Å²) in [4.78, 5) is 40.3. The molecule has 54 heavy (non-hydrogen) atoms. The number of ether oxygens (including phenoxy) is 1. The predicted octanol–water partition coefficient (Wildman–Crippen LogP) is 6.45. The maximum atomic E-state index is 13.9. The summed E-state index contributed by atoms with van der Waals surface area (Å²) in [7, 11) is 5.52. The molecule has 11 heteroatoms. The second-order valence-corrected chi connectivity index (χ2v) is 16.6. The Morgan fingerprint density at radius 3 is 2.54 bits per heavy atom. The van der Waals surface area contributed by atoms with Crippen LogP contribution in [0.25, 0.3) is 11.1 Å². The Hall–Kier alpha value is -3.64. The van der Waals surface area contributed by atoms with Gasteiger partial charge in [0.2, 0.25) is 0 Å². The number of benzene rings is 3. The van der Waals surface area contributed by atoms with E-state index in [1.165, 1.54) is 5.06 Å². The van der Waals surface area contributed by atoms with Crippen molar-refractivity contribution in [1.82, 2.24) is 15.3 Å². The smallest absolute Gasteiger partial charge is 0.265 e. The van der Waals surface area contributed by atoms with E-state index in [4.69, 9.17) is 21.2 Å². The minimum absolute atomic E-state index is 0.107. The zero-order chi connectivity index (χ0) is 39.2. The van der Waals surface area contributed by atoms with Crippen molar-refractivity contribution in [3.05, 3.63) is 88.4 Å². The second kappa shape index (κ2) is 18.3. The van der Waals surface area contributed by atoms with Gasteiger partial charge in [-0.2, -0.15) is 5.06 Å². The lowest BCUT2D eigenvalue weighted by Gasteiger charge is -2.37. The first kappa shape index (κ1) is 41.5. The Morgan fingerprint density at radius 1 is 1.15 bits per heavy atom. The van der Waals surface area contributed by atoms with E-state index in [9.17, 15) is 19.8 Å². The topological polar surface area (TPSA) is 124 Å². The van der Waals surface area contributed by atoms with Crippen LogP contribution in [0, 0.1) is 23.2 Å². The number of carbonyl (C=O) groups excluding carboxylic acids is 2. The average molecular weight is 761 g/mol. The molecular formula is C43H57ClN4O6. The number of hydrogen-bond acceptors (Lipinski definition) is 8. The highest BCUT2D eigenvalue weighted by Crippen LogP contribution is 2.42. The third-order valence-corrected chi connectivity index (χ3v) is 11.1. The number of amides is 2. The molecule has 1 aliphatic heterocycles. The van der Waals surface area contributed by atoms with Gasteiger partial charge in [-0.15, -0.1) is 0 Å². The maximum Gasteiger partial charge on any atom is 0.265 e. The molecule has 1 saturated heterocycles. The summed E-state index contributed by atoms with van der Waals surface area (Å²) in [5.74, 6) is -0.287. The molecule has 0 spiro atoms. The van der Waals surface area contributed by atoms with Gasteiger partial charge in [0, 0.05) is 46.4 Å². The summed E-state index contributed by atoms with van der Waals surface area (Å²) in [6.45, 7) is 8.75. The molecule has 1 saturated carbocycles. The molecule has 1 aliphatic carbocycles. The Balaban J connectivity index is 1.41. The van der Waals surface area contributed by atoms with Crippen molar-refractivity contribution in [1.29, 1.82) is 0 Å². The van der Waals surface area contributed by atoms with Crippen LogP contribution in [0.3, 0.4) is 0 Å². The van der Waals surface area contributed by atoms with E-state index in [1.54, 1.807) is 38.4 Å². The van der Waals surface area contributed by atoms with Gasteiger partial charge in [0.1, 0.15) is 17.9 Å². The van der Waals surface area contributed by atoms with Crippen LogP contribution in [0.2, 0.25) is 5.02 Å². The zero-order valence-electron chi connectivity index (χ0n) is 32.7. The van der Waals surface area contributed by atoms with E-state index < -0.39 is 30.1 Å². The highest BCUT2D eigenvalue weighted by molar-refractivity contribution is 6.31. The Kier molecular flexibility index (Phi) is 14.1. The third-order valence-electron chi connectivity index (χ3n) is 10.9. The number of halogens is 1. The van der Waals surface area contributed by atoms with Crippen molar-refractivity contribution >= 4 is 29.6 Å². The maximum absolute atomic E-state index is 13.9. The van der Waals surface area contributed by atoms with Crippen LogP contribution in [0.5, 0.6) is 5.75 Å². The lowest BCUT2D eigenvalue weighted by molar-refractivity contribution is -0.180. The zero-order valence-corrected chi connectivity index (χ0v) is 33.4. The summed E-state index contributed by atoms with van der Waals surface area (Å²) in [5, 5.41) is 26.2. The van der Waals surface area contributed by atoms with Gasteiger partial charge >= 0.3 is 0 Å². The molecule has 292 valence electrons. The molecule has 2 amide bonds. The van der Waals surface area contributed by atoms with Gasteiger partial charge in [0.05, 0.1) is 26.4 Å². The largest absolute Gasteiger partial charge is 0.496 e. The molecule has 0 aromatic heterocycles. The number of para-hydroxylation sites is 1. The molecule has 3 aromatic rings. The quantitative estimate of drug-likeness (QED) is 0.160. The highest BCUT2D eigenvalue weighted by atomic mass is 35.5. The van der Waals surface area contributed by atoms with E-state index >= 15 is 0 Å². The first-order valence-corrected chi connectivity index (χ1v) is 19.3. The Labute approximate surface area is 325 Å². The number of likely N-dealkylation sites (N-methyl/N-ethyl adjacent to an activating group) is 1. The third kappa shape index (κ3) is 10.4. The number of aliphatic imine (C=N–C) groups is 1. The minimum atomic E-state index is -0.944. The molecule has 3 N–H and O–H groups in total. The van der Waals surface area contributed by atoms with Crippen LogP contribution in [-0.4, -0.2) is 96.9 Å². The fraction of sp³-hybridized carbons (Fsp3) is 0.512. The van der Waals surface area contributed by atoms with Crippen molar-refractivity contribution in [3.8, 4) is 16.9 Å². The minimum Gasteiger partial charge on any atom is -0.496 e. The lowest BCUT2D eigenvalue weighted by atomic mass is 9.68. The van der Waals surface area contributed by atoms with Crippen LogP contribution in [0.4, 0.5) is 0 Å². The molecule has 2 aliphatic rings. The van der Waals surface area contributed by atoms with Crippen molar-refractivity contribution in [3.63, 3.8) is 0 Å². The van der Waals surface area contributed by atoms with Crippen LogP contribution < -0.4 is 10.1 Å². The van der Waals surface area contributed by atoms with Crippen molar-refractivity contribution in [2.24, 2.45) is 28.2 Å².